The van der Waals surface area contributed by atoms with Crippen LogP contribution in [0.4, 0.5) is 13.2 Å². The third-order valence-corrected chi connectivity index (χ3v) is 3.69. The van der Waals surface area contributed by atoms with Gasteiger partial charge in [-0.3, -0.25) is 4.79 Å². The van der Waals surface area contributed by atoms with E-state index in [2.05, 4.69) is 10.6 Å². The molecule has 3 nitrogen and oxygen atoms in total. The number of halogens is 3. The second-order valence-corrected chi connectivity index (χ2v) is 4.95. The van der Waals surface area contributed by atoms with Gasteiger partial charge in [-0.2, -0.15) is 13.2 Å². The molecule has 0 atom stereocenters. The summed E-state index contributed by atoms with van der Waals surface area (Å²) in [5.74, 6) is -1.18. The Labute approximate surface area is 98.1 Å². The molecule has 0 aromatic heterocycles. The van der Waals surface area contributed by atoms with Crippen molar-refractivity contribution >= 4 is 5.91 Å². The second-order valence-electron chi connectivity index (χ2n) is 4.95. The topological polar surface area (TPSA) is 41.1 Å². The van der Waals surface area contributed by atoms with Crippen molar-refractivity contribution in [1.82, 2.24) is 10.6 Å². The highest BCUT2D eigenvalue weighted by atomic mass is 19.4. The molecule has 2 aliphatic rings. The average molecular weight is 250 g/mol. The van der Waals surface area contributed by atoms with Crippen molar-refractivity contribution in [2.24, 2.45) is 11.8 Å². The molecule has 1 aliphatic carbocycles. The highest BCUT2D eigenvalue weighted by molar-refractivity contribution is 5.80. The highest BCUT2D eigenvalue weighted by Crippen LogP contribution is 2.37. The van der Waals surface area contributed by atoms with E-state index in [1.165, 1.54) is 0 Å². The number of hydrogen-bond donors (Lipinski definition) is 2. The van der Waals surface area contributed by atoms with Crippen molar-refractivity contribution < 1.29 is 18.0 Å². The first kappa shape index (κ1) is 12.7. The van der Waals surface area contributed by atoms with Crippen LogP contribution in [0.1, 0.15) is 25.7 Å². The van der Waals surface area contributed by atoms with Gasteiger partial charge < -0.3 is 10.6 Å². The van der Waals surface area contributed by atoms with Crippen LogP contribution in [0.5, 0.6) is 0 Å². The van der Waals surface area contributed by atoms with Gasteiger partial charge in [0.1, 0.15) is 0 Å². The zero-order chi connectivity index (χ0) is 12.5. The Balaban J connectivity index is 1.73. The first-order valence-electron chi connectivity index (χ1n) is 6.04. The molecular formula is C11H17F3N2O. The van der Waals surface area contributed by atoms with E-state index in [1.807, 2.05) is 0 Å². The molecule has 17 heavy (non-hydrogen) atoms. The van der Waals surface area contributed by atoms with Crippen molar-refractivity contribution in [3.8, 4) is 0 Å². The van der Waals surface area contributed by atoms with E-state index in [1.54, 1.807) is 0 Å². The number of hydrogen-bond acceptors (Lipinski definition) is 2. The molecule has 2 fully saturated rings. The van der Waals surface area contributed by atoms with Gasteiger partial charge >= 0.3 is 6.18 Å². The highest BCUT2D eigenvalue weighted by Gasteiger charge is 2.41. The van der Waals surface area contributed by atoms with Crippen molar-refractivity contribution in [3.63, 3.8) is 0 Å². The first-order valence-corrected chi connectivity index (χ1v) is 6.04. The van der Waals surface area contributed by atoms with Gasteiger partial charge in [0.25, 0.3) is 0 Å². The quantitative estimate of drug-likeness (QED) is 0.778. The van der Waals surface area contributed by atoms with Crippen molar-refractivity contribution in [2.75, 3.05) is 13.1 Å². The normalized spacial score (nSPS) is 30.8. The summed E-state index contributed by atoms with van der Waals surface area (Å²) in [6.07, 6.45) is -2.92. The molecular weight excluding hydrogens is 233 g/mol. The predicted molar refractivity (Wildman–Crippen MR) is 56.3 cm³/mol. The van der Waals surface area contributed by atoms with E-state index < -0.39 is 12.1 Å². The molecule has 0 aromatic carbocycles. The summed E-state index contributed by atoms with van der Waals surface area (Å²) in [5.41, 5.74) is 0. The summed E-state index contributed by atoms with van der Waals surface area (Å²) in [6, 6.07) is -0.0679. The Morgan fingerprint density at radius 2 is 1.71 bits per heavy atom. The zero-order valence-corrected chi connectivity index (χ0v) is 9.52. The van der Waals surface area contributed by atoms with Crippen LogP contribution in [-0.2, 0) is 4.79 Å². The number of amides is 1. The van der Waals surface area contributed by atoms with Gasteiger partial charge in [0.05, 0.1) is 11.8 Å². The molecule has 0 aromatic rings. The lowest BCUT2D eigenvalue weighted by Crippen LogP contribution is -2.53. The monoisotopic (exact) mass is 250 g/mol. The predicted octanol–water partition coefficient (Wildman–Crippen LogP) is 1.44. The Hall–Kier alpha value is -0.780. The fraction of sp³-hybridized carbons (Fsp3) is 0.909. The third-order valence-electron chi connectivity index (χ3n) is 3.69. The number of alkyl halides is 3. The fourth-order valence-electron chi connectivity index (χ4n) is 2.36. The summed E-state index contributed by atoms with van der Waals surface area (Å²) in [4.78, 5) is 11.6. The molecule has 98 valence electrons. The number of carbonyl (C=O) groups is 1. The fourth-order valence-corrected chi connectivity index (χ4v) is 2.36. The lowest BCUT2D eigenvalue weighted by atomic mass is 9.85. The van der Waals surface area contributed by atoms with Gasteiger partial charge in [-0.1, -0.05) is 0 Å². The summed E-state index contributed by atoms with van der Waals surface area (Å²) >= 11 is 0. The minimum absolute atomic E-state index is 0.00957. The van der Waals surface area contributed by atoms with Gasteiger partial charge in [-0.05, 0) is 25.7 Å². The van der Waals surface area contributed by atoms with Crippen LogP contribution in [-0.4, -0.2) is 31.2 Å². The van der Waals surface area contributed by atoms with Gasteiger partial charge in [-0.25, -0.2) is 0 Å². The summed E-state index contributed by atoms with van der Waals surface area (Å²) < 4.78 is 37.3. The molecule has 1 aliphatic heterocycles. The van der Waals surface area contributed by atoms with E-state index in [0.29, 0.717) is 25.9 Å². The number of carbonyl (C=O) groups excluding carboxylic acids is 1. The molecule has 1 saturated heterocycles. The molecule has 0 unspecified atom stereocenters. The lowest BCUT2D eigenvalue weighted by Gasteiger charge is -2.33. The van der Waals surface area contributed by atoms with E-state index in [-0.39, 0.29) is 30.7 Å². The summed E-state index contributed by atoms with van der Waals surface area (Å²) in [5, 5.41) is 5.84. The van der Waals surface area contributed by atoms with E-state index >= 15 is 0 Å². The number of rotatable bonds is 2. The van der Waals surface area contributed by atoms with Gasteiger partial charge in [0.2, 0.25) is 5.91 Å². The molecule has 0 spiro atoms. The van der Waals surface area contributed by atoms with Crippen molar-refractivity contribution in [2.45, 2.75) is 37.9 Å². The van der Waals surface area contributed by atoms with Crippen LogP contribution in [0.2, 0.25) is 0 Å². The molecule has 1 saturated carbocycles. The summed E-state index contributed by atoms with van der Waals surface area (Å²) in [7, 11) is 0. The maximum absolute atomic E-state index is 12.4. The van der Waals surface area contributed by atoms with Crippen LogP contribution in [0.3, 0.4) is 0 Å². The van der Waals surface area contributed by atoms with Gasteiger partial charge in [0.15, 0.2) is 0 Å². The molecule has 1 amide bonds. The zero-order valence-electron chi connectivity index (χ0n) is 9.52. The standard InChI is InChI=1S/C11H17F3N2O/c12-11(13,14)8-1-3-9(4-2-8)16-10(17)7-5-15-6-7/h7-9,15H,1-6H2,(H,16,17). The third kappa shape index (κ3) is 3.12. The van der Waals surface area contributed by atoms with Crippen LogP contribution >= 0.6 is 0 Å². The molecule has 6 heteroatoms. The van der Waals surface area contributed by atoms with E-state index in [4.69, 9.17) is 0 Å². The molecule has 0 bridgehead atoms. The minimum atomic E-state index is -4.08. The summed E-state index contributed by atoms with van der Waals surface area (Å²) in [6.45, 7) is 1.37. The smallest absolute Gasteiger partial charge is 0.353 e. The van der Waals surface area contributed by atoms with Crippen LogP contribution in [0.15, 0.2) is 0 Å². The maximum atomic E-state index is 12.4. The molecule has 2 rings (SSSR count). The average Bonchev–Trinajstić information content (AvgIpc) is 2.13. The Morgan fingerprint density at radius 3 is 2.12 bits per heavy atom. The Bertz CT molecular complexity index is 281. The maximum Gasteiger partial charge on any atom is 0.391 e. The largest absolute Gasteiger partial charge is 0.391 e. The van der Waals surface area contributed by atoms with Crippen LogP contribution in [0, 0.1) is 11.8 Å². The van der Waals surface area contributed by atoms with E-state index in [9.17, 15) is 18.0 Å². The van der Waals surface area contributed by atoms with Crippen molar-refractivity contribution in [1.29, 1.82) is 0 Å². The Kier molecular flexibility index (Phi) is 3.61. The van der Waals surface area contributed by atoms with E-state index in [0.717, 1.165) is 0 Å². The van der Waals surface area contributed by atoms with Gasteiger partial charge in [-0.15, -0.1) is 0 Å². The Morgan fingerprint density at radius 1 is 1.12 bits per heavy atom. The first-order chi connectivity index (χ1) is 7.97. The van der Waals surface area contributed by atoms with Crippen LogP contribution in [0.25, 0.3) is 0 Å². The lowest BCUT2D eigenvalue weighted by molar-refractivity contribution is -0.182. The SMILES string of the molecule is O=C(NC1CCC(C(F)(F)F)CC1)C1CNC1. The number of nitrogens with one attached hydrogen (secondary N) is 2. The molecule has 1 heterocycles. The minimum Gasteiger partial charge on any atom is -0.353 e. The van der Waals surface area contributed by atoms with Gasteiger partial charge in [0, 0.05) is 19.1 Å². The molecule has 0 radical (unpaired) electrons. The molecule has 2 N–H and O–H groups in total. The van der Waals surface area contributed by atoms with Crippen molar-refractivity contribution in [3.05, 3.63) is 0 Å². The van der Waals surface area contributed by atoms with Crippen LogP contribution < -0.4 is 10.6 Å². The second kappa shape index (κ2) is 4.84.